The summed E-state index contributed by atoms with van der Waals surface area (Å²) in [6.07, 6.45) is 8.59. The molecular weight excluding hydrogens is 593 g/mol. The van der Waals surface area contributed by atoms with E-state index in [1.54, 1.807) is 11.6 Å². The van der Waals surface area contributed by atoms with Crippen molar-refractivity contribution >= 4 is 28.5 Å². The molecule has 174 valence electrons. The van der Waals surface area contributed by atoms with Crippen LogP contribution in [0.1, 0.15) is 72.8 Å². The van der Waals surface area contributed by atoms with Gasteiger partial charge in [-0.2, -0.15) is 0 Å². The number of carbonyl (C=O) groups is 1. The fourth-order valence-electron chi connectivity index (χ4n) is 3.96. The number of ether oxygens (including phenoxy) is 1. The number of nitrogens with zero attached hydrogens (tertiary/aromatic N) is 1. The fourth-order valence-corrected chi connectivity index (χ4v) is 4.67. The van der Waals surface area contributed by atoms with Gasteiger partial charge in [0, 0.05) is 0 Å². The second-order valence-corrected chi connectivity index (χ2v) is 10.2. The number of fused-ring (bicyclic) bond motifs is 1. The monoisotopic (exact) mass is 621 g/mol. The average Bonchev–Trinajstić information content (AvgIpc) is 3.09. The molecule has 0 bridgehead atoms. The zero-order valence-corrected chi connectivity index (χ0v) is 22.0. The van der Waals surface area contributed by atoms with Crippen LogP contribution in [-0.4, -0.2) is 38.3 Å². The zero-order chi connectivity index (χ0) is 24.1. The van der Waals surface area contributed by atoms with Gasteiger partial charge in [0.15, 0.2) is 0 Å². The van der Waals surface area contributed by atoms with E-state index in [2.05, 4.69) is 0 Å². The molecule has 0 fully saturated rings. The van der Waals surface area contributed by atoms with E-state index < -0.39 is 18.5 Å². The van der Waals surface area contributed by atoms with E-state index in [0.717, 1.165) is 71.4 Å². The van der Waals surface area contributed by atoms with Crippen LogP contribution < -0.4 is 15.6 Å². The van der Waals surface area contributed by atoms with E-state index in [9.17, 15) is 19.7 Å². The standard InChI is InChI=1S/C24H28BNO6.W/c1-4-17-21(26(3)15-19(23(17)27)24(28)29)10-8-6-7-9-13-31-16-11-12-18-20(14-16)25(30)32-22(18)5-2;/h8,10-12,14-15,22,30H,5-7,9,13H2,1-3H3,(H,28,29);/t22-;/m1./s1. The Labute approximate surface area is 204 Å². The van der Waals surface area contributed by atoms with Gasteiger partial charge in [-0.25, -0.2) is 0 Å². The molecule has 1 aliphatic heterocycles. The number of allylic oxidation sites excluding steroid dienone is 1. The summed E-state index contributed by atoms with van der Waals surface area (Å²) in [5.41, 5.74) is 2.35. The Bertz CT molecular complexity index is 1140. The molecule has 1 aliphatic rings. The molecule has 2 aromatic rings. The van der Waals surface area contributed by atoms with Crippen molar-refractivity contribution in [2.24, 2.45) is 7.05 Å². The minimum absolute atomic E-state index is 0.0633. The molecule has 33 heavy (non-hydrogen) atoms. The first-order valence-corrected chi connectivity index (χ1v) is 12.5. The molecule has 2 heterocycles. The predicted molar refractivity (Wildman–Crippen MR) is 125 cm³/mol. The van der Waals surface area contributed by atoms with Gasteiger partial charge in [-0.05, 0) is 17.4 Å². The zero-order valence-electron chi connectivity index (χ0n) is 19.0. The average molecular weight is 621 g/mol. The number of rotatable bonds is 10. The maximum absolute atomic E-state index is 12.6. The van der Waals surface area contributed by atoms with Crippen molar-refractivity contribution in [1.82, 2.24) is 4.57 Å². The van der Waals surface area contributed by atoms with Crippen molar-refractivity contribution in [2.75, 3.05) is 6.61 Å². The molecule has 7 nitrogen and oxygen atoms in total. The van der Waals surface area contributed by atoms with Crippen LogP contribution in [0.4, 0.5) is 0 Å². The van der Waals surface area contributed by atoms with Gasteiger partial charge < -0.3 is 9.68 Å². The summed E-state index contributed by atoms with van der Waals surface area (Å²) < 4.78 is 13.9. The van der Waals surface area contributed by atoms with Gasteiger partial charge in [-0.3, -0.25) is 0 Å². The van der Waals surface area contributed by atoms with Gasteiger partial charge in [-0.1, -0.05) is 13.0 Å². The third-order valence-electron chi connectivity index (χ3n) is 5.66. The van der Waals surface area contributed by atoms with Crippen LogP contribution in [0.3, 0.4) is 0 Å². The molecule has 0 radical (unpaired) electrons. The number of hydrogen-bond acceptors (Lipinski definition) is 5. The van der Waals surface area contributed by atoms with Crippen LogP contribution in [0, 0.1) is 0 Å². The Balaban J connectivity index is 1.54. The van der Waals surface area contributed by atoms with Crippen LogP contribution in [-0.2, 0) is 31.1 Å². The van der Waals surface area contributed by atoms with Gasteiger partial charge in [0.25, 0.3) is 0 Å². The minimum Gasteiger partial charge on any atom is -0.0532 e. The van der Waals surface area contributed by atoms with E-state index in [4.69, 9.17) is 9.39 Å². The van der Waals surface area contributed by atoms with E-state index >= 15 is 0 Å². The third-order valence-corrected chi connectivity index (χ3v) is 6.39. The van der Waals surface area contributed by atoms with Crippen molar-refractivity contribution in [3.63, 3.8) is 0 Å². The Morgan fingerprint density at radius 3 is 2.79 bits per heavy atom. The number of aromatic carboxylic acids is 1. The number of benzene rings is 1. The first kappa shape index (κ1) is 25.3. The summed E-state index contributed by atoms with van der Waals surface area (Å²) in [6.45, 7) is 4.43. The van der Waals surface area contributed by atoms with Crippen LogP contribution in [0.5, 0.6) is 5.75 Å². The first-order chi connectivity index (χ1) is 15.7. The summed E-state index contributed by atoms with van der Waals surface area (Å²) in [5.74, 6) is -0.488. The van der Waals surface area contributed by atoms with Gasteiger partial charge in [0.1, 0.15) is 0 Å². The molecule has 0 saturated carbocycles. The quantitative estimate of drug-likeness (QED) is 0.313. The number of unbranched alkanes of at least 4 members (excludes halogenated alkanes) is 2. The first-order valence-electron chi connectivity index (χ1n) is 11.0. The molecule has 1 atom stereocenters. The summed E-state index contributed by atoms with van der Waals surface area (Å²) in [6, 6.07) is 5.73. The maximum atomic E-state index is 12.6. The second-order valence-electron chi connectivity index (χ2n) is 8.03. The molecule has 0 amide bonds. The third kappa shape index (κ3) is 5.81. The van der Waals surface area contributed by atoms with E-state index in [1.165, 1.54) is 6.20 Å². The van der Waals surface area contributed by atoms with Gasteiger partial charge in [-0.15, -0.1) is 0 Å². The Hall–Kier alpha value is -2.28. The number of carboxylic acids is 1. The van der Waals surface area contributed by atoms with Crippen molar-refractivity contribution in [1.29, 1.82) is 0 Å². The molecule has 1 aromatic heterocycles. The molecule has 0 spiro atoms. The van der Waals surface area contributed by atoms with Crippen LogP contribution in [0.2, 0.25) is 0 Å². The summed E-state index contributed by atoms with van der Waals surface area (Å²) in [4.78, 5) is 23.9. The predicted octanol–water partition coefficient (Wildman–Crippen LogP) is 2.60. The summed E-state index contributed by atoms with van der Waals surface area (Å²) >= 11 is 1.13. The number of pyridine rings is 1. The Kier molecular flexibility index (Phi) is 8.63. The van der Waals surface area contributed by atoms with Gasteiger partial charge in [0.2, 0.25) is 0 Å². The SMILES string of the molecule is CC[C@H]1OB(O)c2cc(OCCCCC=Cc3c([C](C)=[W])c(=O)c(C(=O)O)cn3C)ccc21. The number of aromatic nitrogens is 1. The minimum atomic E-state index is -1.21. The molecule has 0 saturated heterocycles. The van der Waals surface area contributed by atoms with Crippen molar-refractivity contribution < 1.29 is 43.7 Å². The molecule has 9 heteroatoms. The van der Waals surface area contributed by atoms with Gasteiger partial charge in [0.05, 0.1) is 6.10 Å². The Morgan fingerprint density at radius 1 is 1.36 bits per heavy atom. The molecule has 2 N–H and O–H groups in total. The molecular formula is C24H28BNO6W. The number of carboxylic acid groups (broad SMARTS) is 1. The van der Waals surface area contributed by atoms with Crippen LogP contribution >= 0.6 is 0 Å². The Morgan fingerprint density at radius 2 is 2.12 bits per heavy atom. The molecule has 3 rings (SSSR count). The van der Waals surface area contributed by atoms with E-state index in [0.29, 0.717) is 12.2 Å². The van der Waals surface area contributed by atoms with Crippen molar-refractivity contribution in [3.05, 3.63) is 63.1 Å². The normalized spacial score (nSPS) is 15.2. The van der Waals surface area contributed by atoms with Crippen molar-refractivity contribution in [3.8, 4) is 5.75 Å². The van der Waals surface area contributed by atoms with E-state index in [1.807, 2.05) is 44.2 Å². The van der Waals surface area contributed by atoms with Crippen LogP contribution in [0.25, 0.3) is 6.08 Å². The topological polar surface area (TPSA) is 98.0 Å². The molecule has 1 aromatic carbocycles. The van der Waals surface area contributed by atoms with Crippen molar-refractivity contribution in [2.45, 2.75) is 45.6 Å². The molecule has 0 aliphatic carbocycles. The van der Waals surface area contributed by atoms with E-state index in [-0.39, 0.29) is 11.7 Å². The second kappa shape index (κ2) is 11.2. The fraction of sp³-hybridized carbons (Fsp3) is 0.375. The number of hydrogen-bond donors (Lipinski definition) is 2. The van der Waals surface area contributed by atoms with Gasteiger partial charge >= 0.3 is 159 Å². The summed E-state index contributed by atoms with van der Waals surface area (Å²) in [5, 5.41) is 19.4. The molecule has 0 unspecified atom stereocenters. The summed E-state index contributed by atoms with van der Waals surface area (Å²) in [7, 11) is 0.859. The van der Waals surface area contributed by atoms with Crippen LogP contribution in [0.15, 0.2) is 35.3 Å². The smallest absolute Gasteiger partial charge is 0.0532 e. The number of aryl methyl sites for hydroxylation is 1.